The van der Waals surface area contributed by atoms with Crippen molar-refractivity contribution >= 4 is 16.8 Å². The van der Waals surface area contributed by atoms with Gasteiger partial charge >= 0.3 is 0 Å². The SMILES string of the molecule is CN=C(Cl)C=C(C)N(C)C1CC1. The predicted molar refractivity (Wildman–Crippen MR) is 53.8 cm³/mol. The highest BCUT2D eigenvalue weighted by Gasteiger charge is 2.26. The second-order valence-electron chi connectivity index (χ2n) is 3.17. The summed E-state index contributed by atoms with van der Waals surface area (Å²) in [5, 5.41) is 0.569. The van der Waals surface area contributed by atoms with Crippen molar-refractivity contribution in [2.75, 3.05) is 14.1 Å². The number of hydrogen-bond donors (Lipinski definition) is 0. The minimum absolute atomic E-state index is 0.569. The van der Waals surface area contributed by atoms with Crippen LogP contribution in [0.2, 0.25) is 0 Å². The summed E-state index contributed by atoms with van der Waals surface area (Å²) in [6.45, 7) is 2.06. The Kier molecular flexibility index (Phi) is 3.15. The van der Waals surface area contributed by atoms with Gasteiger partial charge in [0.25, 0.3) is 0 Å². The maximum absolute atomic E-state index is 5.78. The highest BCUT2D eigenvalue weighted by Crippen LogP contribution is 2.28. The molecule has 1 saturated carbocycles. The van der Waals surface area contributed by atoms with Gasteiger partial charge < -0.3 is 4.90 Å². The van der Waals surface area contributed by atoms with Crippen LogP contribution in [-0.2, 0) is 0 Å². The lowest BCUT2D eigenvalue weighted by atomic mass is 10.4. The lowest BCUT2D eigenvalue weighted by molar-refractivity contribution is 0.409. The molecule has 12 heavy (non-hydrogen) atoms. The Morgan fingerprint density at radius 3 is 2.58 bits per heavy atom. The minimum Gasteiger partial charge on any atom is -0.375 e. The molecule has 0 aromatic rings. The van der Waals surface area contributed by atoms with Gasteiger partial charge in [-0.2, -0.15) is 0 Å². The van der Waals surface area contributed by atoms with Crippen molar-refractivity contribution in [3.63, 3.8) is 0 Å². The zero-order valence-electron chi connectivity index (χ0n) is 7.84. The van der Waals surface area contributed by atoms with Crippen LogP contribution in [-0.4, -0.2) is 30.2 Å². The van der Waals surface area contributed by atoms with Crippen LogP contribution in [0.3, 0.4) is 0 Å². The number of halogens is 1. The van der Waals surface area contributed by atoms with Gasteiger partial charge in [-0.15, -0.1) is 0 Å². The van der Waals surface area contributed by atoms with Crippen molar-refractivity contribution < 1.29 is 0 Å². The zero-order valence-corrected chi connectivity index (χ0v) is 8.60. The molecule has 2 nitrogen and oxygen atoms in total. The third kappa shape index (κ3) is 2.52. The van der Waals surface area contributed by atoms with Crippen LogP contribution < -0.4 is 0 Å². The number of hydrogen-bond acceptors (Lipinski definition) is 2. The van der Waals surface area contributed by atoms with E-state index in [1.165, 1.54) is 18.5 Å². The molecule has 1 aliphatic carbocycles. The summed E-state index contributed by atoms with van der Waals surface area (Å²) in [5.41, 5.74) is 1.19. The van der Waals surface area contributed by atoms with Crippen LogP contribution in [0, 0.1) is 0 Å². The molecule has 0 aromatic heterocycles. The first kappa shape index (κ1) is 9.59. The van der Waals surface area contributed by atoms with E-state index in [4.69, 9.17) is 11.6 Å². The normalized spacial score (nSPS) is 19.7. The van der Waals surface area contributed by atoms with Gasteiger partial charge in [0.15, 0.2) is 0 Å². The average molecular weight is 187 g/mol. The minimum atomic E-state index is 0.569. The average Bonchev–Trinajstić information content (AvgIpc) is 2.85. The van der Waals surface area contributed by atoms with E-state index in [9.17, 15) is 0 Å². The molecule has 0 N–H and O–H groups in total. The number of nitrogens with zero attached hydrogens (tertiary/aromatic N) is 2. The van der Waals surface area contributed by atoms with Crippen molar-refractivity contribution in [2.24, 2.45) is 4.99 Å². The summed E-state index contributed by atoms with van der Waals surface area (Å²) in [7, 11) is 3.80. The quantitative estimate of drug-likeness (QED) is 0.618. The van der Waals surface area contributed by atoms with Crippen molar-refractivity contribution in [2.45, 2.75) is 25.8 Å². The van der Waals surface area contributed by atoms with E-state index in [1.54, 1.807) is 7.05 Å². The molecule has 0 unspecified atom stereocenters. The van der Waals surface area contributed by atoms with E-state index < -0.39 is 0 Å². The molecule has 0 spiro atoms. The highest BCUT2D eigenvalue weighted by molar-refractivity contribution is 6.68. The molecule has 0 aromatic carbocycles. The Morgan fingerprint density at radius 2 is 2.17 bits per heavy atom. The van der Waals surface area contributed by atoms with E-state index >= 15 is 0 Å². The number of aliphatic imine (C=N–C) groups is 1. The molecular formula is C9H15ClN2. The Bertz CT molecular complexity index is 217. The summed E-state index contributed by atoms with van der Waals surface area (Å²) in [6.07, 6.45) is 4.52. The lowest BCUT2D eigenvalue weighted by Crippen LogP contribution is -2.18. The molecule has 0 radical (unpaired) electrons. The molecule has 0 aliphatic heterocycles. The topological polar surface area (TPSA) is 15.6 Å². The van der Waals surface area contributed by atoms with Crippen molar-refractivity contribution in [1.82, 2.24) is 4.90 Å². The summed E-state index contributed by atoms with van der Waals surface area (Å²) in [4.78, 5) is 6.13. The Labute approximate surface area is 78.9 Å². The van der Waals surface area contributed by atoms with Crippen LogP contribution in [0.4, 0.5) is 0 Å². The first-order valence-corrected chi connectivity index (χ1v) is 4.56. The first-order chi connectivity index (χ1) is 5.65. The van der Waals surface area contributed by atoms with Crippen LogP contribution >= 0.6 is 11.6 Å². The lowest BCUT2D eigenvalue weighted by Gasteiger charge is -2.18. The van der Waals surface area contributed by atoms with Gasteiger partial charge in [-0.05, 0) is 25.8 Å². The second-order valence-corrected chi connectivity index (χ2v) is 3.56. The third-order valence-corrected chi connectivity index (χ3v) is 2.47. The van der Waals surface area contributed by atoms with E-state index in [-0.39, 0.29) is 0 Å². The molecule has 0 bridgehead atoms. The summed E-state index contributed by atoms with van der Waals surface area (Å²) in [6, 6.07) is 0.738. The van der Waals surface area contributed by atoms with E-state index in [2.05, 4.69) is 23.9 Å². The molecule has 68 valence electrons. The largest absolute Gasteiger partial charge is 0.375 e. The molecular weight excluding hydrogens is 172 g/mol. The summed E-state index contributed by atoms with van der Waals surface area (Å²) >= 11 is 5.78. The van der Waals surface area contributed by atoms with Gasteiger partial charge in [0.05, 0.1) is 0 Å². The van der Waals surface area contributed by atoms with Gasteiger partial charge in [-0.3, -0.25) is 4.99 Å². The van der Waals surface area contributed by atoms with E-state index in [0.29, 0.717) is 5.17 Å². The Balaban J connectivity index is 2.54. The van der Waals surface area contributed by atoms with Gasteiger partial charge in [0, 0.05) is 25.8 Å². The van der Waals surface area contributed by atoms with E-state index in [1.807, 2.05) is 6.08 Å². The molecule has 0 atom stereocenters. The maximum atomic E-state index is 5.78. The molecule has 3 heteroatoms. The highest BCUT2D eigenvalue weighted by atomic mass is 35.5. The van der Waals surface area contributed by atoms with Crippen molar-refractivity contribution in [3.8, 4) is 0 Å². The van der Waals surface area contributed by atoms with Crippen molar-refractivity contribution in [3.05, 3.63) is 11.8 Å². The van der Waals surface area contributed by atoms with Crippen LogP contribution in [0.15, 0.2) is 16.8 Å². The molecule has 0 saturated heterocycles. The number of allylic oxidation sites excluding steroid dienone is 2. The molecule has 0 heterocycles. The zero-order chi connectivity index (χ0) is 9.14. The van der Waals surface area contributed by atoms with Crippen LogP contribution in [0.1, 0.15) is 19.8 Å². The Morgan fingerprint density at radius 1 is 1.58 bits per heavy atom. The predicted octanol–water partition coefficient (Wildman–Crippen LogP) is 2.25. The van der Waals surface area contributed by atoms with Crippen LogP contribution in [0.25, 0.3) is 0 Å². The fourth-order valence-electron chi connectivity index (χ4n) is 1.09. The fraction of sp³-hybridized carbons (Fsp3) is 0.667. The van der Waals surface area contributed by atoms with Crippen LogP contribution in [0.5, 0.6) is 0 Å². The Hall–Kier alpha value is -0.500. The molecule has 1 fully saturated rings. The third-order valence-electron chi connectivity index (χ3n) is 2.19. The van der Waals surface area contributed by atoms with Gasteiger partial charge in [-0.25, -0.2) is 0 Å². The fourth-order valence-corrected chi connectivity index (χ4v) is 1.25. The second kappa shape index (κ2) is 3.94. The van der Waals surface area contributed by atoms with Gasteiger partial charge in [-0.1, -0.05) is 11.6 Å². The van der Waals surface area contributed by atoms with Crippen molar-refractivity contribution in [1.29, 1.82) is 0 Å². The molecule has 1 aliphatic rings. The number of rotatable bonds is 3. The maximum Gasteiger partial charge on any atom is 0.124 e. The van der Waals surface area contributed by atoms with Gasteiger partial charge in [0.1, 0.15) is 5.17 Å². The smallest absolute Gasteiger partial charge is 0.124 e. The summed E-state index contributed by atoms with van der Waals surface area (Å²) in [5.74, 6) is 0. The monoisotopic (exact) mass is 186 g/mol. The summed E-state index contributed by atoms with van der Waals surface area (Å²) < 4.78 is 0. The molecule has 1 rings (SSSR count). The molecule has 0 amide bonds. The van der Waals surface area contributed by atoms with Gasteiger partial charge in [0.2, 0.25) is 0 Å². The first-order valence-electron chi connectivity index (χ1n) is 4.18. The standard InChI is InChI=1S/C9H15ClN2/c1-7(6-9(10)11-2)12(3)8-4-5-8/h6,8H,4-5H2,1-3H3. The van der Waals surface area contributed by atoms with E-state index in [0.717, 1.165) is 6.04 Å².